The van der Waals surface area contributed by atoms with E-state index in [0.29, 0.717) is 0 Å². The van der Waals surface area contributed by atoms with Crippen LogP contribution in [0.1, 0.15) is 54.4 Å². The molecule has 0 spiro atoms. The second kappa shape index (κ2) is 11.3. The van der Waals surface area contributed by atoms with E-state index in [1.165, 1.54) is 24.0 Å². The summed E-state index contributed by atoms with van der Waals surface area (Å²) in [7, 11) is 0. The maximum absolute atomic E-state index is 4.04. The summed E-state index contributed by atoms with van der Waals surface area (Å²) in [6.45, 7) is 16.3. The van der Waals surface area contributed by atoms with Crippen LogP contribution in [0, 0.1) is 5.92 Å². The van der Waals surface area contributed by atoms with Crippen LogP contribution in [0.15, 0.2) is 36.0 Å². The number of rotatable bonds is 1. The van der Waals surface area contributed by atoms with Crippen molar-refractivity contribution in [1.82, 2.24) is 0 Å². The Labute approximate surface area is 96.8 Å². The lowest BCUT2D eigenvalue weighted by atomic mass is 10.0. The number of allylic oxidation sites excluding steroid dienone is 5. The molecule has 0 nitrogen and oxygen atoms in total. The first-order chi connectivity index (χ1) is 7.25. The van der Waals surface area contributed by atoms with E-state index in [1.54, 1.807) is 0 Å². The highest BCUT2D eigenvalue weighted by molar-refractivity contribution is 5.37. The Morgan fingerprint density at radius 1 is 1.20 bits per heavy atom. The lowest BCUT2D eigenvalue weighted by Gasteiger charge is -2.02. The van der Waals surface area contributed by atoms with Gasteiger partial charge in [-0.3, -0.25) is 0 Å². The van der Waals surface area contributed by atoms with Crippen molar-refractivity contribution in [1.29, 1.82) is 0 Å². The minimum atomic E-state index is 0.721. The maximum atomic E-state index is 4.04. The van der Waals surface area contributed by atoms with Gasteiger partial charge in [-0.2, -0.15) is 0 Å². The van der Waals surface area contributed by atoms with Gasteiger partial charge in [0.15, 0.2) is 0 Å². The quantitative estimate of drug-likeness (QED) is 0.531. The molecule has 0 saturated heterocycles. The van der Waals surface area contributed by atoms with Crippen LogP contribution in [0.3, 0.4) is 0 Å². The third-order valence-corrected chi connectivity index (χ3v) is 2.29. The molecule has 0 N–H and O–H groups in total. The molecule has 0 aliphatic heterocycles. The summed E-state index contributed by atoms with van der Waals surface area (Å²) in [4.78, 5) is 0. The van der Waals surface area contributed by atoms with E-state index in [1.807, 2.05) is 34.6 Å². The van der Waals surface area contributed by atoms with Crippen molar-refractivity contribution in [2.45, 2.75) is 54.4 Å². The summed E-state index contributed by atoms with van der Waals surface area (Å²) in [5.41, 5.74) is 2.78. The van der Waals surface area contributed by atoms with Crippen LogP contribution >= 0.6 is 0 Å². The molecule has 0 heterocycles. The molecule has 1 atom stereocenters. The van der Waals surface area contributed by atoms with Gasteiger partial charge in [-0.1, -0.05) is 65.0 Å². The Kier molecular flexibility index (Phi) is 12.5. The molecule has 0 bridgehead atoms. The average Bonchev–Trinajstić information content (AvgIpc) is 2.62. The van der Waals surface area contributed by atoms with Gasteiger partial charge in [0.25, 0.3) is 0 Å². The molecule has 1 aliphatic carbocycles. The van der Waals surface area contributed by atoms with E-state index in [4.69, 9.17) is 0 Å². The molecule has 1 aliphatic rings. The highest BCUT2D eigenvalue weighted by Gasteiger charge is 2.18. The van der Waals surface area contributed by atoms with Gasteiger partial charge < -0.3 is 0 Å². The molecule has 1 fully saturated rings. The average molecular weight is 208 g/mol. The molecule has 0 amide bonds. The summed E-state index contributed by atoms with van der Waals surface area (Å²) in [6.07, 6.45) is 8.82. The van der Waals surface area contributed by atoms with Gasteiger partial charge in [-0.05, 0) is 31.3 Å². The Bertz CT molecular complexity index is 206. The van der Waals surface area contributed by atoms with Crippen LogP contribution in [0.4, 0.5) is 0 Å². The Balaban J connectivity index is 0. The smallest absolute Gasteiger partial charge is 0.0185 e. The topological polar surface area (TPSA) is 0 Å². The third-order valence-electron chi connectivity index (χ3n) is 2.29. The van der Waals surface area contributed by atoms with Crippen molar-refractivity contribution in [3.63, 3.8) is 0 Å². The van der Waals surface area contributed by atoms with Gasteiger partial charge in [0.05, 0.1) is 0 Å². The Morgan fingerprint density at radius 3 is 2.07 bits per heavy atom. The van der Waals surface area contributed by atoms with Gasteiger partial charge in [-0.25, -0.2) is 0 Å². The predicted molar refractivity (Wildman–Crippen MR) is 73.1 cm³/mol. The van der Waals surface area contributed by atoms with Gasteiger partial charge in [0, 0.05) is 0 Å². The fourth-order valence-electron chi connectivity index (χ4n) is 1.52. The summed E-state index contributed by atoms with van der Waals surface area (Å²) < 4.78 is 0. The monoisotopic (exact) mass is 208 g/mol. The highest BCUT2D eigenvalue weighted by atomic mass is 14.2. The molecule has 0 aromatic heterocycles. The first kappa shape index (κ1) is 16.6. The zero-order valence-electron chi connectivity index (χ0n) is 11.4. The molecule has 1 rings (SSSR count). The predicted octanol–water partition coefficient (Wildman–Crippen LogP) is 5.53. The van der Waals surface area contributed by atoms with Crippen LogP contribution in [-0.4, -0.2) is 0 Å². The summed E-state index contributed by atoms with van der Waals surface area (Å²) in [6, 6.07) is 0. The van der Waals surface area contributed by atoms with Crippen molar-refractivity contribution in [3.05, 3.63) is 36.0 Å². The van der Waals surface area contributed by atoms with Crippen LogP contribution in [0.25, 0.3) is 0 Å². The van der Waals surface area contributed by atoms with Crippen molar-refractivity contribution in [2.24, 2.45) is 5.92 Å². The van der Waals surface area contributed by atoms with Crippen molar-refractivity contribution >= 4 is 0 Å². The first-order valence-corrected chi connectivity index (χ1v) is 6.26. The van der Waals surface area contributed by atoms with Crippen molar-refractivity contribution in [2.75, 3.05) is 0 Å². The molecular weight excluding hydrogens is 180 g/mol. The SMILES string of the molecule is C=C1CC[C@H](C)/C1=C/C=C\C.CC.CC. The minimum absolute atomic E-state index is 0.721. The molecule has 0 aromatic rings. The van der Waals surface area contributed by atoms with Gasteiger partial charge in [0.1, 0.15) is 0 Å². The first-order valence-electron chi connectivity index (χ1n) is 6.26. The normalized spacial score (nSPS) is 22.1. The summed E-state index contributed by atoms with van der Waals surface area (Å²) in [5.74, 6) is 0.721. The van der Waals surface area contributed by atoms with Crippen LogP contribution in [0.5, 0.6) is 0 Å². The molecule has 0 unspecified atom stereocenters. The molecule has 0 heteroatoms. The second-order valence-corrected chi connectivity index (χ2v) is 3.19. The van der Waals surface area contributed by atoms with Crippen LogP contribution in [-0.2, 0) is 0 Å². The molecule has 1 saturated carbocycles. The second-order valence-electron chi connectivity index (χ2n) is 3.19. The lowest BCUT2D eigenvalue weighted by Crippen LogP contribution is -1.88. The molecular formula is C15H28. The Morgan fingerprint density at radius 2 is 1.73 bits per heavy atom. The van der Waals surface area contributed by atoms with E-state index in [9.17, 15) is 0 Å². The highest BCUT2D eigenvalue weighted by Crippen LogP contribution is 2.34. The fraction of sp³-hybridized carbons (Fsp3) is 0.600. The number of hydrogen-bond acceptors (Lipinski definition) is 0. The van der Waals surface area contributed by atoms with Gasteiger partial charge in [0.2, 0.25) is 0 Å². The number of hydrogen-bond donors (Lipinski definition) is 0. The minimum Gasteiger partial charge on any atom is -0.0955 e. The van der Waals surface area contributed by atoms with Crippen LogP contribution < -0.4 is 0 Å². The summed E-state index contributed by atoms with van der Waals surface area (Å²) in [5, 5.41) is 0. The molecule has 88 valence electrons. The van der Waals surface area contributed by atoms with E-state index in [0.717, 1.165) is 5.92 Å². The summed E-state index contributed by atoms with van der Waals surface area (Å²) >= 11 is 0. The molecule has 15 heavy (non-hydrogen) atoms. The van der Waals surface area contributed by atoms with Gasteiger partial charge in [-0.15, -0.1) is 0 Å². The van der Waals surface area contributed by atoms with E-state index >= 15 is 0 Å². The van der Waals surface area contributed by atoms with Crippen molar-refractivity contribution < 1.29 is 0 Å². The van der Waals surface area contributed by atoms with E-state index in [-0.39, 0.29) is 0 Å². The van der Waals surface area contributed by atoms with E-state index in [2.05, 4.69) is 31.7 Å². The zero-order valence-corrected chi connectivity index (χ0v) is 11.4. The third kappa shape index (κ3) is 6.33. The Hall–Kier alpha value is -0.780. The van der Waals surface area contributed by atoms with Crippen molar-refractivity contribution in [3.8, 4) is 0 Å². The largest absolute Gasteiger partial charge is 0.0955 e. The molecule has 0 radical (unpaired) electrons. The fourth-order valence-corrected chi connectivity index (χ4v) is 1.52. The van der Waals surface area contributed by atoms with E-state index < -0.39 is 0 Å². The van der Waals surface area contributed by atoms with Crippen LogP contribution in [0.2, 0.25) is 0 Å². The standard InChI is InChI=1S/C11H16.2C2H6/c1-4-5-6-11-9(2)7-8-10(11)3;2*1-2/h4-6,10H,2,7-8H2,1,3H3;2*1-2H3/b5-4-,11-6+;;/t10-;;/m0../s1. The lowest BCUT2D eigenvalue weighted by molar-refractivity contribution is 0.697. The molecule has 0 aromatic carbocycles. The van der Waals surface area contributed by atoms with Gasteiger partial charge >= 0.3 is 0 Å². The maximum Gasteiger partial charge on any atom is -0.0185 e. The zero-order chi connectivity index (χ0) is 12.3.